The second-order valence-corrected chi connectivity index (χ2v) is 3.62. The van der Waals surface area contributed by atoms with Crippen LogP contribution in [0.5, 0.6) is 5.75 Å². The molecule has 1 atom stereocenters. The number of para-hydroxylation sites is 1. The third-order valence-electron chi connectivity index (χ3n) is 2.47. The number of fused-ring (bicyclic) bond motifs is 1. The van der Waals surface area contributed by atoms with Crippen molar-refractivity contribution in [1.29, 1.82) is 0 Å². The van der Waals surface area contributed by atoms with Crippen molar-refractivity contribution in [2.75, 3.05) is 6.54 Å². The fourth-order valence-electron chi connectivity index (χ4n) is 1.73. The first-order valence-corrected chi connectivity index (χ1v) is 5.17. The SMILES string of the molecule is CCC[N+]1=Cc2ccccc2OC1C. The number of benzene rings is 1. The minimum Gasteiger partial charge on any atom is -0.433 e. The van der Waals surface area contributed by atoms with Crippen LogP contribution in [0.2, 0.25) is 0 Å². The van der Waals surface area contributed by atoms with Gasteiger partial charge in [0.25, 0.3) is 6.23 Å². The largest absolute Gasteiger partial charge is 0.433 e. The van der Waals surface area contributed by atoms with Crippen molar-refractivity contribution in [3.05, 3.63) is 29.8 Å². The smallest absolute Gasteiger partial charge is 0.293 e. The van der Waals surface area contributed by atoms with Crippen LogP contribution in [0.15, 0.2) is 24.3 Å². The van der Waals surface area contributed by atoms with Gasteiger partial charge in [0.2, 0.25) is 0 Å². The summed E-state index contributed by atoms with van der Waals surface area (Å²) in [5.74, 6) is 0.993. The van der Waals surface area contributed by atoms with Crippen LogP contribution in [0.1, 0.15) is 25.8 Å². The summed E-state index contributed by atoms with van der Waals surface area (Å²) in [5, 5.41) is 0. The number of nitrogens with zero attached hydrogens (tertiary/aromatic N) is 1. The van der Waals surface area contributed by atoms with E-state index in [1.807, 2.05) is 18.2 Å². The van der Waals surface area contributed by atoms with Gasteiger partial charge in [-0.25, -0.2) is 0 Å². The number of ether oxygens (including phenoxy) is 1. The Morgan fingerprint density at radius 1 is 1.36 bits per heavy atom. The molecule has 1 aliphatic rings. The van der Waals surface area contributed by atoms with Crippen molar-refractivity contribution in [2.24, 2.45) is 0 Å². The van der Waals surface area contributed by atoms with Gasteiger partial charge < -0.3 is 4.74 Å². The molecule has 14 heavy (non-hydrogen) atoms. The van der Waals surface area contributed by atoms with E-state index >= 15 is 0 Å². The summed E-state index contributed by atoms with van der Waals surface area (Å²) in [6.45, 7) is 5.32. The van der Waals surface area contributed by atoms with E-state index in [1.165, 1.54) is 5.56 Å². The van der Waals surface area contributed by atoms with E-state index in [-0.39, 0.29) is 6.23 Å². The van der Waals surface area contributed by atoms with E-state index in [1.54, 1.807) is 0 Å². The van der Waals surface area contributed by atoms with Gasteiger partial charge in [-0.2, -0.15) is 4.58 Å². The summed E-state index contributed by atoms with van der Waals surface area (Å²) in [4.78, 5) is 0. The van der Waals surface area contributed by atoms with Crippen LogP contribution < -0.4 is 4.74 Å². The van der Waals surface area contributed by atoms with E-state index < -0.39 is 0 Å². The highest BCUT2D eigenvalue weighted by atomic mass is 16.5. The number of hydrogen-bond acceptors (Lipinski definition) is 1. The maximum Gasteiger partial charge on any atom is 0.293 e. The second kappa shape index (κ2) is 3.82. The maximum absolute atomic E-state index is 5.79. The predicted molar refractivity (Wildman–Crippen MR) is 57.1 cm³/mol. The van der Waals surface area contributed by atoms with Crippen molar-refractivity contribution < 1.29 is 9.31 Å². The average Bonchev–Trinajstić information content (AvgIpc) is 2.19. The zero-order valence-electron chi connectivity index (χ0n) is 8.73. The Hall–Kier alpha value is -1.31. The molecule has 1 unspecified atom stereocenters. The number of hydrogen-bond donors (Lipinski definition) is 0. The monoisotopic (exact) mass is 190 g/mol. The van der Waals surface area contributed by atoms with Crippen LogP contribution in [0.4, 0.5) is 0 Å². The van der Waals surface area contributed by atoms with E-state index in [9.17, 15) is 0 Å². The Balaban J connectivity index is 2.34. The van der Waals surface area contributed by atoms with E-state index in [4.69, 9.17) is 4.74 Å². The minimum atomic E-state index is 0.157. The molecule has 0 N–H and O–H groups in total. The molecule has 0 saturated heterocycles. The number of rotatable bonds is 2. The van der Waals surface area contributed by atoms with Gasteiger partial charge in [-0.15, -0.1) is 0 Å². The molecule has 1 aromatic carbocycles. The standard InChI is InChI=1S/C12H16NO/c1-3-8-13-9-11-6-4-5-7-12(11)14-10(13)2/h4-7,9-10H,3,8H2,1-2H3/q+1. The Labute approximate surface area is 84.8 Å². The Kier molecular flexibility index (Phi) is 2.53. The normalized spacial score (nSPS) is 19.6. The fourth-order valence-corrected chi connectivity index (χ4v) is 1.73. The van der Waals surface area contributed by atoms with E-state index in [0.717, 1.165) is 18.7 Å². The summed E-state index contributed by atoms with van der Waals surface area (Å²) in [7, 11) is 0. The molecule has 0 amide bonds. The Morgan fingerprint density at radius 2 is 2.14 bits per heavy atom. The van der Waals surface area contributed by atoms with Crippen LogP contribution in [0.3, 0.4) is 0 Å². The lowest BCUT2D eigenvalue weighted by atomic mass is 10.2. The molecular formula is C12H16NO+. The first-order valence-electron chi connectivity index (χ1n) is 5.17. The van der Waals surface area contributed by atoms with Crippen molar-refractivity contribution >= 4 is 6.21 Å². The first kappa shape index (κ1) is 9.25. The summed E-state index contributed by atoms with van der Waals surface area (Å²) in [5.41, 5.74) is 1.18. The molecule has 0 aromatic heterocycles. The highest BCUT2D eigenvalue weighted by molar-refractivity contribution is 5.80. The van der Waals surface area contributed by atoms with Crippen LogP contribution in [0, 0.1) is 0 Å². The maximum atomic E-state index is 5.79. The second-order valence-electron chi connectivity index (χ2n) is 3.62. The predicted octanol–water partition coefficient (Wildman–Crippen LogP) is 2.27. The van der Waals surface area contributed by atoms with Crippen LogP contribution in [-0.2, 0) is 0 Å². The summed E-state index contributed by atoms with van der Waals surface area (Å²) in [6.07, 6.45) is 3.49. The van der Waals surface area contributed by atoms with Gasteiger partial charge in [0.05, 0.1) is 5.56 Å². The zero-order valence-corrected chi connectivity index (χ0v) is 8.73. The Morgan fingerprint density at radius 3 is 2.93 bits per heavy atom. The lowest BCUT2D eigenvalue weighted by molar-refractivity contribution is -0.596. The van der Waals surface area contributed by atoms with E-state index in [2.05, 4.69) is 30.7 Å². The molecule has 1 heterocycles. The molecule has 1 aliphatic heterocycles. The molecule has 2 nitrogen and oxygen atoms in total. The molecule has 0 aliphatic carbocycles. The van der Waals surface area contributed by atoms with Gasteiger partial charge in [-0.05, 0) is 12.1 Å². The van der Waals surface area contributed by atoms with Crippen molar-refractivity contribution in [3.8, 4) is 5.75 Å². The van der Waals surface area contributed by atoms with Crippen LogP contribution >= 0.6 is 0 Å². The van der Waals surface area contributed by atoms with Gasteiger partial charge in [0.1, 0.15) is 12.3 Å². The molecule has 0 spiro atoms. The molecular weight excluding hydrogens is 174 g/mol. The Bertz CT molecular complexity index is 357. The van der Waals surface area contributed by atoms with Gasteiger partial charge in [-0.1, -0.05) is 19.1 Å². The summed E-state index contributed by atoms with van der Waals surface area (Å²) >= 11 is 0. The molecule has 0 radical (unpaired) electrons. The lowest BCUT2D eigenvalue weighted by Crippen LogP contribution is -2.34. The van der Waals surface area contributed by atoms with Crippen molar-refractivity contribution in [3.63, 3.8) is 0 Å². The lowest BCUT2D eigenvalue weighted by Gasteiger charge is -2.19. The quantitative estimate of drug-likeness (QED) is 0.652. The third-order valence-corrected chi connectivity index (χ3v) is 2.47. The molecule has 2 rings (SSSR count). The highest BCUT2D eigenvalue weighted by Crippen LogP contribution is 2.21. The molecule has 0 saturated carbocycles. The molecule has 2 heteroatoms. The molecule has 1 aromatic rings. The highest BCUT2D eigenvalue weighted by Gasteiger charge is 2.22. The topological polar surface area (TPSA) is 12.2 Å². The average molecular weight is 190 g/mol. The van der Waals surface area contributed by atoms with Gasteiger partial charge >= 0.3 is 0 Å². The van der Waals surface area contributed by atoms with Crippen LogP contribution in [0.25, 0.3) is 0 Å². The van der Waals surface area contributed by atoms with Crippen LogP contribution in [-0.4, -0.2) is 23.6 Å². The molecule has 74 valence electrons. The molecule has 0 fully saturated rings. The zero-order chi connectivity index (χ0) is 9.97. The summed E-state index contributed by atoms with van der Waals surface area (Å²) in [6, 6.07) is 8.16. The first-order chi connectivity index (χ1) is 6.81. The van der Waals surface area contributed by atoms with Crippen molar-refractivity contribution in [1.82, 2.24) is 0 Å². The molecule has 0 bridgehead atoms. The van der Waals surface area contributed by atoms with Gasteiger partial charge in [0.15, 0.2) is 6.21 Å². The van der Waals surface area contributed by atoms with Gasteiger partial charge in [-0.3, -0.25) is 0 Å². The van der Waals surface area contributed by atoms with Crippen molar-refractivity contribution in [2.45, 2.75) is 26.5 Å². The van der Waals surface area contributed by atoms with E-state index in [0.29, 0.717) is 0 Å². The third kappa shape index (κ3) is 1.65. The summed E-state index contributed by atoms with van der Waals surface area (Å²) < 4.78 is 8.03. The van der Waals surface area contributed by atoms with Gasteiger partial charge in [0, 0.05) is 13.3 Å². The fraction of sp³-hybridized carbons (Fsp3) is 0.417. The minimum absolute atomic E-state index is 0.157.